The molecule has 1 saturated carbocycles. The van der Waals surface area contributed by atoms with Gasteiger partial charge < -0.3 is 15.1 Å². The molecule has 4 nitrogen and oxygen atoms in total. The molecule has 35 heavy (non-hydrogen) atoms. The van der Waals surface area contributed by atoms with E-state index in [-0.39, 0.29) is 29.0 Å². The highest BCUT2D eigenvalue weighted by Crippen LogP contribution is 2.67. The van der Waals surface area contributed by atoms with Crippen molar-refractivity contribution in [2.75, 3.05) is 27.2 Å². The van der Waals surface area contributed by atoms with Gasteiger partial charge in [-0.3, -0.25) is 0 Å². The van der Waals surface area contributed by atoms with Crippen LogP contribution in [0.1, 0.15) is 47.7 Å². The van der Waals surface area contributed by atoms with Gasteiger partial charge in [-0.15, -0.1) is 0 Å². The van der Waals surface area contributed by atoms with Crippen LogP contribution < -0.4 is 5.32 Å². The van der Waals surface area contributed by atoms with E-state index in [9.17, 15) is 31.1 Å². The van der Waals surface area contributed by atoms with Gasteiger partial charge in [-0.2, -0.15) is 26.3 Å². The summed E-state index contributed by atoms with van der Waals surface area (Å²) in [6, 6.07) is 9.30. The second-order valence-electron chi connectivity index (χ2n) is 9.54. The number of carbonyl (C=O) groups is 1. The predicted octanol–water partition coefficient (Wildman–Crippen LogP) is 6.12. The van der Waals surface area contributed by atoms with E-state index >= 15 is 0 Å². The molecule has 1 unspecified atom stereocenters. The molecule has 4 rings (SSSR count). The fraction of sp³-hybridized carbons (Fsp3) is 0.480. The normalized spacial score (nSPS) is 24.8. The van der Waals surface area contributed by atoms with E-state index in [4.69, 9.17) is 0 Å². The Morgan fingerprint density at radius 2 is 1.66 bits per heavy atom. The number of nitrogens with zero attached hydrogens (tertiary/aromatic N) is 2. The first-order valence-electron chi connectivity index (χ1n) is 11.3. The molecule has 1 aliphatic carbocycles. The number of hydrogen-bond donors (Lipinski definition) is 1. The molecule has 0 bridgehead atoms. The van der Waals surface area contributed by atoms with Crippen LogP contribution in [0.15, 0.2) is 48.5 Å². The van der Waals surface area contributed by atoms with Gasteiger partial charge in [0.05, 0.1) is 23.2 Å². The van der Waals surface area contributed by atoms with Gasteiger partial charge in [-0.25, -0.2) is 4.79 Å². The van der Waals surface area contributed by atoms with Crippen LogP contribution in [0.3, 0.4) is 0 Å². The largest absolute Gasteiger partial charge is 0.416 e. The Kier molecular flexibility index (Phi) is 6.32. The topological polar surface area (TPSA) is 35.6 Å². The maximum Gasteiger partial charge on any atom is 0.416 e. The van der Waals surface area contributed by atoms with E-state index in [1.54, 1.807) is 4.90 Å². The molecule has 2 amide bonds. The minimum Gasteiger partial charge on any atom is -0.321 e. The molecule has 10 heteroatoms. The lowest BCUT2D eigenvalue weighted by molar-refractivity contribution is -0.143. The first-order chi connectivity index (χ1) is 16.3. The molecule has 1 N–H and O–H groups in total. The van der Waals surface area contributed by atoms with Crippen LogP contribution in [-0.4, -0.2) is 43.0 Å². The monoisotopic (exact) mass is 499 g/mol. The molecule has 2 fully saturated rings. The molecule has 0 spiro atoms. The molecule has 1 heterocycles. The average molecular weight is 499 g/mol. The van der Waals surface area contributed by atoms with Crippen molar-refractivity contribution in [3.05, 3.63) is 70.8 Å². The molecule has 190 valence electrons. The molecule has 1 aliphatic heterocycles. The number of likely N-dealkylation sites (tertiary alicyclic amines) is 1. The van der Waals surface area contributed by atoms with Crippen LogP contribution in [-0.2, 0) is 12.4 Å². The molecule has 2 aliphatic rings. The Labute approximate surface area is 199 Å². The predicted molar refractivity (Wildman–Crippen MR) is 118 cm³/mol. The van der Waals surface area contributed by atoms with Crippen LogP contribution in [0.25, 0.3) is 0 Å². The molecular formula is C25H27F6N3O. The third kappa shape index (κ3) is 4.60. The lowest BCUT2D eigenvalue weighted by atomic mass is 9.89. The van der Waals surface area contributed by atoms with Crippen molar-refractivity contribution in [1.82, 2.24) is 15.1 Å². The van der Waals surface area contributed by atoms with Crippen LogP contribution in [0.2, 0.25) is 0 Å². The second-order valence-corrected chi connectivity index (χ2v) is 9.54. The standard InChI is InChI=1S/C25H27F6N3O/c1-15(17-9-18(24(26,27)28)11-19(10-17)25(29,30)31)33(3)22(35)34-13-20-12-23(20,14-32-2)21(34)16-7-5-4-6-8-16/h4-11,15,20-21,32H,12-14H2,1-3H3/t15-,20?,21+,23+/m1/s1. The maximum atomic E-state index is 13.6. The number of fused-ring (bicyclic) bond motifs is 1. The Balaban J connectivity index is 1.66. The Hall–Kier alpha value is -2.75. The molecule has 0 radical (unpaired) electrons. The lowest BCUT2D eigenvalue weighted by Gasteiger charge is -2.37. The molecule has 2 aromatic carbocycles. The van der Waals surface area contributed by atoms with Gasteiger partial charge in [-0.1, -0.05) is 30.3 Å². The third-order valence-corrected chi connectivity index (χ3v) is 7.39. The number of nitrogens with one attached hydrogen (secondary N) is 1. The summed E-state index contributed by atoms with van der Waals surface area (Å²) >= 11 is 0. The summed E-state index contributed by atoms with van der Waals surface area (Å²) in [4.78, 5) is 16.5. The number of urea groups is 1. The highest BCUT2D eigenvalue weighted by Gasteiger charge is 2.66. The molecule has 0 aromatic heterocycles. The maximum absolute atomic E-state index is 13.6. The van der Waals surface area contributed by atoms with Crippen LogP contribution in [0, 0.1) is 11.3 Å². The molecular weight excluding hydrogens is 472 g/mol. The highest BCUT2D eigenvalue weighted by molar-refractivity contribution is 5.76. The van der Waals surface area contributed by atoms with Crippen LogP contribution in [0.4, 0.5) is 31.1 Å². The summed E-state index contributed by atoms with van der Waals surface area (Å²) in [7, 11) is 3.26. The zero-order valence-corrected chi connectivity index (χ0v) is 19.5. The number of halogens is 6. The van der Waals surface area contributed by atoms with Crippen molar-refractivity contribution >= 4 is 6.03 Å². The zero-order valence-electron chi connectivity index (χ0n) is 19.5. The third-order valence-electron chi connectivity index (χ3n) is 7.39. The smallest absolute Gasteiger partial charge is 0.321 e. The van der Waals surface area contributed by atoms with E-state index in [1.807, 2.05) is 37.4 Å². The minimum absolute atomic E-state index is 0.0962. The van der Waals surface area contributed by atoms with E-state index < -0.39 is 35.6 Å². The van der Waals surface area contributed by atoms with Gasteiger partial charge in [0.1, 0.15) is 0 Å². The number of amides is 2. The SMILES string of the molecule is CNC[C@@]12CC1CN(C(=O)N(C)[C@H](C)c1cc(C(F)(F)F)cc(C(F)(F)F)c1)[C@H]2c1ccccc1. The van der Waals surface area contributed by atoms with E-state index in [2.05, 4.69) is 5.32 Å². The van der Waals surface area contributed by atoms with E-state index in [0.29, 0.717) is 25.2 Å². The van der Waals surface area contributed by atoms with Crippen molar-refractivity contribution in [3.8, 4) is 0 Å². The summed E-state index contributed by atoms with van der Waals surface area (Å²) < 4.78 is 80.1. The summed E-state index contributed by atoms with van der Waals surface area (Å²) in [5.41, 5.74) is -2.21. The Bertz CT molecular complexity index is 1050. The minimum atomic E-state index is -4.95. The van der Waals surface area contributed by atoms with Crippen molar-refractivity contribution in [2.24, 2.45) is 11.3 Å². The van der Waals surface area contributed by atoms with Crippen molar-refractivity contribution < 1.29 is 31.1 Å². The van der Waals surface area contributed by atoms with Crippen molar-refractivity contribution in [2.45, 2.75) is 37.8 Å². The van der Waals surface area contributed by atoms with Crippen molar-refractivity contribution in [3.63, 3.8) is 0 Å². The number of benzene rings is 2. The van der Waals surface area contributed by atoms with Crippen molar-refractivity contribution in [1.29, 1.82) is 0 Å². The number of alkyl halides is 6. The van der Waals surface area contributed by atoms with Crippen LogP contribution >= 0.6 is 0 Å². The van der Waals surface area contributed by atoms with E-state index in [0.717, 1.165) is 12.0 Å². The second kappa shape index (κ2) is 8.72. The molecule has 1 saturated heterocycles. The molecule has 2 aromatic rings. The number of piperidine rings is 1. The summed E-state index contributed by atoms with van der Waals surface area (Å²) in [6.45, 7) is 2.61. The Morgan fingerprint density at radius 3 is 2.17 bits per heavy atom. The summed E-state index contributed by atoms with van der Waals surface area (Å²) in [6.07, 6.45) is -8.96. The number of hydrogen-bond acceptors (Lipinski definition) is 2. The first-order valence-corrected chi connectivity index (χ1v) is 11.3. The Morgan fingerprint density at radius 1 is 1.09 bits per heavy atom. The highest BCUT2D eigenvalue weighted by atomic mass is 19.4. The fourth-order valence-electron chi connectivity index (χ4n) is 5.42. The fourth-order valence-corrected chi connectivity index (χ4v) is 5.42. The average Bonchev–Trinajstić information content (AvgIpc) is 3.39. The first kappa shape index (κ1) is 25.3. The van der Waals surface area contributed by atoms with E-state index in [1.165, 1.54) is 18.9 Å². The van der Waals surface area contributed by atoms with Gasteiger partial charge in [0, 0.05) is 25.6 Å². The summed E-state index contributed by atoms with van der Waals surface area (Å²) in [5, 5.41) is 3.20. The van der Waals surface area contributed by atoms with Gasteiger partial charge in [0.25, 0.3) is 0 Å². The summed E-state index contributed by atoms with van der Waals surface area (Å²) in [5.74, 6) is 0.276. The van der Waals surface area contributed by atoms with Gasteiger partial charge in [0.15, 0.2) is 0 Å². The van der Waals surface area contributed by atoms with Gasteiger partial charge in [0.2, 0.25) is 0 Å². The zero-order chi connectivity index (χ0) is 25.8. The quantitative estimate of drug-likeness (QED) is 0.503. The number of carbonyl (C=O) groups excluding carboxylic acids is 1. The number of rotatable bonds is 5. The lowest BCUT2D eigenvalue weighted by Crippen LogP contribution is -2.45. The molecule has 4 atom stereocenters. The van der Waals surface area contributed by atoms with Gasteiger partial charge in [-0.05, 0) is 55.6 Å². The van der Waals surface area contributed by atoms with Crippen LogP contribution in [0.5, 0.6) is 0 Å². The van der Waals surface area contributed by atoms with Gasteiger partial charge >= 0.3 is 18.4 Å².